The van der Waals surface area contributed by atoms with E-state index in [1.165, 1.54) is 37.7 Å². The van der Waals surface area contributed by atoms with E-state index in [9.17, 15) is 8.42 Å². The average molecular weight is 474 g/mol. The predicted octanol–water partition coefficient (Wildman–Crippen LogP) is 6.21. The quantitative estimate of drug-likeness (QED) is 0.347. The molecule has 0 spiro atoms. The summed E-state index contributed by atoms with van der Waals surface area (Å²) in [6.45, 7) is 0. The number of benzene rings is 3. The van der Waals surface area contributed by atoms with Gasteiger partial charge in [0.15, 0.2) is 0 Å². The van der Waals surface area contributed by atoms with E-state index in [0.717, 1.165) is 35.3 Å². The van der Waals surface area contributed by atoms with Crippen molar-refractivity contribution >= 4 is 26.7 Å². The monoisotopic (exact) mass is 473 g/mol. The molecule has 176 valence electrons. The Kier molecular flexibility index (Phi) is 6.42. The SMILES string of the molecule is Cn1c(CCc2ccc(NS(=O)(=O)c3ccc(C4CCCCC4)cc3)cc2)nc2ccccc21. The Morgan fingerprint density at radius 3 is 2.29 bits per heavy atom. The van der Waals surface area contributed by atoms with Crippen LogP contribution in [0.15, 0.2) is 77.7 Å². The number of imidazole rings is 1. The van der Waals surface area contributed by atoms with Crippen molar-refractivity contribution in [2.45, 2.75) is 55.8 Å². The van der Waals surface area contributed by atoms with Gasteiger partial charge in [0, 0.05) is 19.2 Å². The third-order valence-electron chi connectivity index (χ3n) is 6.99. The third-order valence-corrected chi connectivity index (χ3v) is 8.39. The van der Waals surface area contributed by atoms with Crippen LogP contribution in [0.1, 0.15) is 55.0 Å². The zero-order chi connectivity index (χ0) is 23.5. The molecule has 1 aliphatic carbocycles. The van der Waals surface area contributed by atoms with E-state index in [0.29, 0.717) is 16.5 Å². The predicted molar refractivity (Wildman–Crippen MR) is 138 cm³/mol. The summed E-state index contributed by atoms with van der Waals surface area (Å²) >= 11 is 0. The van der Waals surface area contributed by atoms with Gasteiger partial charge >= 0.3 is 0 Å². The molecule has 0 bridgehead atoms. The summed E-state index contributed by atoms with van der Waals surface area (Å²) in [5.74, 6) is 1.61. The minimum atomic E-state index is -3.61. The van der Waals surface area contributed by atoms with E-state index in [1.54, 1.807) is 12.1 Å². The van der Waals surface area contributed by atoms with Crippen molar-refractivity contribution in [1.82, 2.24) is 9.55 Å². The van der Waals surface area contributed by atoms with Gasteiger partial charge in [0.1, 0.15) is 5.82 Å². The zero-order valence-electron chi connectivity index (χ0n) is 19.6. The molecular weight excluding hydrogens is 442 g/mol. The molecule has 5 nitrogen and oxygen atoms in total. The third kappa shape index (κ3) is 4.87. The molecule has 1 aliphatic rings. The maximum absolute atomic E-state index is 12.9. The molecule has 0 aliphatic heterocycles. The lowest BCUT2D eigenvalue weighted by Crippen LogP contribution is -2.13. The van der Waals surface area contributed by atoms with Crippen LogP contribution in [0.4, 0.5) is 5.69 Å². The lowest BCUT2D eigenvalue weighted by Gasteiger charge is -2.22. The maximum Gasteiger partial charge on any atom is 0.261 e. The molecule has 1 aromatic heterocycles. The zero-order valence-corrected chi connectivity index (χ0v) is 20.4. The van der Waals surface area contributed by atoms with E-state index in [4.69, 9.17) is 4.98 Å². The molecule has 6 heteroatoms. The first-order valence-corrected chi connectivity index (χ1v) is 13.6. The Morgan fingerprint density at radius 2 is 1.59 bits per heavy atom. The molecule has 3 aromatic carbocycles. The highest BCUT2D eigenvalue weighted by atomic mass is 32.2. The van der Waals surface area contributed by atoms with E-state index in [-0.39, 0.29) is 0 Å². The van der Waals surface area contributed by atoms with Gasteiger partial charge in [-0.2, -0.15) is 0 Å². The van der Waals surface area contributed by atoms with Gasteiger partial charge in [-0.3, -0.25) is 4.72 Å². The highest BCUT2D eigenvalue weighted by Crippen LogP contribution is 2.33. The molecule has 0 saturated heterocycles. The standard InChI is InChI=1S/C28H31N3O2S/c1-31-27-10-6-5-9-26(27)29-28(31)20-13-21-11-16-24(17-12-21)30-34(32,33)25-18-14-23(15-19-25)22-7-3-2-4-8-22/h5-6,9-12,14-19,22,30H,2-4,7-8,13,20H2,1H3. The van der Waals surface area contributed by atoms with Crippen LogP contribution < -0.4 is 4.72 Å². The second-order valence-electron chi connectivity index (χ2n) is 9.28. The largest absolute Gasteiger partial charge is 0.331 e. The number of hydrogen-bond acceptors (Lipinski definition) is 3. The Hall–Kier alpha value is -3.12. The highest BCUT2D eigenvalue weighted by Gasteiger charge is 2.18. The summed E-state index contributed by atoms with van der Waals surface area (Å²) in [5, 5.41) is 0. The minimum absolute atomic E-state index is 0.304. The van der Waals surface area contributed by atoms with Gasteiger partial charge < -0.3 is 4.57 Å². The lowest BCUT2D eigenvalue weighted by atomic mass is 9.84. The Morgan fingerprint density at radius 1 is 0.882 bits per heavy atom. The Labute approximate surface area is 201 Å². The fourth-order valence-electron chi connectivity index (χ4n) is 4.98. The fourth-order valence-corrected chi connectivity index (χ4v) is 6.04. The first-order chi connectivity index (χ1) is 16.5. The molecule has 0 amide bonds. The normalized spacial score (nSPS) is 15.0. The number of aryl methyl sites for hydroxylation is 3. The summed E-state index contributed by atoms with van der Waals surface area (Å²) in [6.07, 6.45) is 7.91. The van der Waals surface area contributed by atoms with Crippen LogP contribution in [0.25, 0.3) is 11.0 Å². The van der Waals surface area contributed by atoms with E-state index >= 15 is 0 Å². The van der Waals surface area contributed by atoms with E-state index < -0.39 is 10.0 Å². The van der Waals surface area contributed by atoms with Crippen molar-refractivity contribution in [3.63, 3.8) is 0 Å². The van der Waals surface area contributed by atoms with E-state index in [1.807, 2.05) is 61.6 Å². The molecule has 0 radical (unpaired) electrons. The van der Waals surface area contributed by atoms with Gasteiger partial charge in [0.2, 0.25) is 0 Å². The maximum atomic E-state index is 12.9. The molecule has 4 aromatic rings. The van der Waals surface area contributed by atoms with E-state index in [2.05, 4.69) is 15.4 Å². The van der Waals surface area contributed by atoms with Crippen LogP contribution in [0.2, 0.25) is 0 Å². The number of rotatable bonds is 7. The van der Waals surface area contributed by atoms with Crippen molar-refractivity contribution in [3.05, 3.63) is 89.7 Å². The highest BCUT2D eigenvalue weighted by molar-refractivity contribution is 7.92. The Balaban J connectivity index is 1.22. The van der Waals surface area contributed by atoms with Gasteiger partial charge in [-0.25, -0.2) is 13.4 Å². The molecule has 1 N–H and O–H groups in total. The molecule has 0 atom stereocenters. The van der Waals surface area contributed by atoms with Crippen molar-refractivity contribution in [2.75, 3.05) is 4.72 Å². The second kappa shape index (κ2) is 9.63. The summed E-state index contributed by atoms with van der Waals surface area (Å²) < 4.78 is 30.6. The van der Waals surface area contributed by atoms with Crippen LogP contribution in [0.3, 0.4) is 0 Å². The van der Waals surface area contributed by atoms with Crippen LogP contribution in [-0.2, 0) is 29.9 Å². The Bertz CT molecular complexity index is 1370. The smallest absolute Gasteiger partial charge is 0.261 e. The molecule has 34 heavy (non-hydrogen) atoms. The fraction of sp³-hybridized carbons (Fsp3) is 0.321. The van der Waals surface area contributed by atoms with Crippen LogP contribution in [-0.4, -0.2) is 18.0 Å². The summed E-state index contributed by atoms with van der Waals surface area (Å²) in [5.41, 5.74) is 5.11. The summed E-state index contributed by atoms with van der Waals surface area (Å²) in [6, 6.07) is 23.2. The molecule has 5 rings (SSSR count). The average Bonchev–Trinajstić information content (AvgIpc) is 3.19. The summed E-state index contributed by atoms with van der Waals surface area (Å²) in [4.78, 5) is 5.04. The molecule has 1 saturated carbocycles. The number of hydrogen-bond donors (Lipinski definition) is 1. The van der Waals surface area contributed by atoms with Gasteiger partial charge in [-0.15, -0.1) is 0 Å². The molecule has 0 unspecified atom stereocenters. The van der Waals surface area contributed by atoms with Crippen LogP contribution in [0, 0.1) is 0 Å². The van der Waals surface area contributed by atoms with Gasteiger partial charge in [-0.05, 0) is 72.7 Å². The van der Waals surface area contributed by atoms with Crippen molar-refractivity contribution in [1.29, 1.82) is 0 Å². The first kappa shape index (κ1) is 22.7. The number of aromatic nitrogens is 2. The number of sulfonamides is 1. The number of para-hydroxylation sites is 2. The number of fused-ring (bicyclic) bond motifs is 1. The summed E-state index contributed by atoms with van der Waals surface area (Å²) in [7, 11) is -1.57. The van der Waals surface area contributed by atoms with Crippen molar-refractivity contribution in [2.24, 2.45) is 7.05 Å². The molecule has 1 heterocycles. The van der Waals surface area contributed by atoms with Crippen LogP contribution >= 0.6 is 0 Å². The van der Waals surface area contributed by atoms with Gasteiger partial charge in [-0.1, -0.05) is 55.7 Å². The van der Waals surface area contributed by atoms with Crippen molar-refractivity contribution in [3.8, 4) is 0 Å². The number of nitrogens with one attached hydrogen (secondary N) is 1. The number of nitrogens with zero attached hydrogens (tertiary/aromatic N) is 2. The second-order valence-corrected chi connectivity index (χ2v) is 11.0. The van der Waals surface area contributed by atoms with Crippen LogP contribution in [0.5, 0.6) is 0 Å². The molecular formula is C28H31N3O2S. The lowest BCUT2D eigenvalue weighted by molar-refractivity contribution is 0.443. The number of anilines is 1. The van der Waals surface area contributed by atoms with Crippen molar-refractivity contribution < 1.29 is 8.42 Å². The first-order valence-electron chi connectivity index (χ1n) is 12.1. The van der Waals surface area contributed by atoms with Gasteiger partial charge in [0.25, 0.3) is 10.0 Å². The van der Waals surface area contributed by atoms with Gasteiger partial charge in [0.05, 0.1) is 15.9 Å². The topological polar surface area (TPSA) is 64.0 Å². The molecule has 1 fully saturated rings. The minimum Gasteiger partial charge on any atom is -0.331 e.